The van der Waals surface area contributed by atoms with Crippen LogP contribution in [-0.4, -0.2) is 18.8 Å². The Hall–Kier alpha value is -3.08. The Labute approximate surface area is 134 Å². The van der Waals surface area contributed by atoms with Crippen LogP contribution < -0.4 is 5.32 Å². The first kappa shape index (κ1) is 16.3. The molecule has 0 fully saturated rings. The fourth-order valence-electron chi connectivity index (χ4n) is 1.75. The van der Waals surface area contributed by atoms with Crippen LogP contribution in [0.15, 0.2) is 66.7 Å². The minimum Gasteiger partial charge on any atom is -0.445 e. The molecule has 23 heavy (non-hydrogen) atoms. The van der Waals surface area contributed by atoms with Gasteiger partial charge in [-0.15, -0.1) is 0 Å². The van der Waals surface area contributed by atoms with Crippen molar-refractivity contribution in [1.29, 1.82) is 0 Å². The van der Waals surface area contributed by atoms with Crippen LogP contribution in [0.25, 0.3) is 6.08 Å². The second-order valence-electron chi connectivity index (χ2n) is 4.60. The smallest absolute Gasteiger partial charge is 0.416 e. The van der Waals surface area contributed by atoms with Gasteiger partial charge in [0.2, 0.25) is 0 Å². The molecule has 2 aromatic carbocycles. The van der Waals surface area contributed by atoms with E-state index in [4.69, 9.17) is 9.47 Å². The highest BCUT2D eigenvalue weighted by molar-refractivity contribution is 5.87. The molecule has 5 nitrogen and oxygen atoms in total. The van der Waals surface area contributed by atoms with Crippen molar-refractivity contribution < 1.29 is 19.1 Å². The first-order valence-corrected chi connectivity index (χ1v) is 7.10. The third-order valence-corrected chi connectivity index (χ3v) is 2.84. The summed E-state index contributed by atoms with van der Waals surface area (Å²) >= 11 is 0. The number of hydrogen-bond donors (Lipinski definition) is 1. The Bertz CT molecular complexity index is 653. The summed E-state index contributed by atoms with van der Waals surface area (Å²) in [5.74, 6) is 0. The molecule has 5 heteroatoms. The molecule has 1 N–H and O–H groups in total. The highest BCUT2D eigenvalue weighted by atomic mass is 16.6. The van der Waals surface area contributed by atoms with Crippen molar-refractivity contribution in [3.05, 3.63) is 77.9 Å². The van der Waals surface area contributed by atoms with Crippen molar-refractivity contribution in [3.8, 4) is 0 Å². The minimum atomic E-state index is -0.847. The van der Waals surface area contributed by atoms with Crippen LogP contribution in [0.5, 0.6) is 0 Å². The maximum Gasteiger partial charge on any atom is 0.416 e. The number of imide groups is 1. The van der Waals surface area contributed by atoms with Gasteiger partial charge in [0.15, 0.2) is 0 Å². The van der Waals surface area contributed by atoms with E-state index >= 15 is 0 Å². The van der Waals surface area contributed by atoms with Gasteiger partial charge in [-0.3, -0.25) is 0 Å². The number of carbonyl (C=O) groups is 2. The summed E-state index contributed by atoms with van der Waals surface area (Å²) in [5, 5.41) is 1.99. The Balaban J connectivity index is 1.64. The third-order valence-electron chi connectivity index (χ3n) is 2.84. The van der Waals surface area contributed by atoms with E-state index in [1.807, 2.05) is 72.1 Å². The van der Waals surface area contributed by atoms with Gasteiger partial charge in [-0.1, -0.05) is 66.7 Å². The van der Waals surface area contributed by atoms with Crippen molar-refractivity contribution in [2.75, 3.05) is 6.61 Å². The predicted molar refractivity (Wildman–Crippen MR) is 86.6 cm³/mol. The highest BCUT2D eigenvalue weighted by Crippen LogP contribution is 2.01. The fourth-order valence-corrected chi connectivity index (χ4v) is 1.75. The summed E-state index contributed by atoms with van der Waals surface area (Å²) in [6, 6.07) is 18.8. The molecule has 0 bridgehead atoms. The second kappa shape index (κ2) is 9.04. The second-order valence-corrected chi connectivity index (χ2v) is 4.60. The van der Waals surface area contributed by atoms with Gasteiger partial charge in [0.1, 0.15) is 13.2 Å². The lowest BCUT2D eigenvalue weighted by molar-refractivity contribution is 0.125. The maximum atomic E-state index is 11.4. The molecular formula is C18H17NO4. The van der Waals surface area contributed by atoms with E-state index in [9.17, 15) is 9.59 Å². The van der Waals surface area contributed by atoms with E-state index in [-0.39, 0.29) is 13.2 Å². The summed E-state index contributed by atoms with van der Waals surface area (Å²) in [4.78, 5) is 22.8. The third kappa shape index (κ3) is 6.48. The Kier molecular flexibility index (Phi) is 6.41. The zero-order chi connectivity index (χ0) is 16.3. The number of benzene rings is 2. The van der Waals surface area contributed by atoms with E-state index in [1.165, 1.54) is 0 Å². The molecule has 0 aromatic heterocycles. The summed E-state index contributed by atoms with van der Waals surface area (Å²) < 4.78 is 9.75. The molecule has 0 saturated carbocycles. The van der Waals surface area contributed by atoms with Crippen LogP contribution in [0.2, 0.25) is 0 Å². The first-order valence-electron chi connectivity index (χ1n) is 7.10. The zero-order valence-corrected chi connectivity index (χ0v) is 12.5. The van der Waals surface area contributed by atoms with Gasteiger partial charge in [0.25, 0.3) is 0 Å². The monoisotopic (exact) mass is 311 g/mol. The van der Waals surface area contributed by atoms with Gasteiger partial charge in [-0.2, -0.15) is 0 Å². The van der Waals surface area contributed by atoms with Crippen LogP contribution in [0.4, 0.5) is 9.59 Å². The van der Waals surface area contributed by atoms with Crippen LogP contribution >= 0.6 is 0 Å². The zero-order valence-electron chi connectivity index (χ0n) is 12.5. The molecule has 0 spiro atoms. The van der Waals surface area contributed by atoms with Crippen molar-refractivity contribution >= 4 is 18.3 Å². The molecule has 0 heterocycles. The lowest BCUT2D eigenvalue weighted by atomic mass is 10.2. The minimum absolute atomic E-state index is 0.0622. The summed E-state index contributed by atoms with van der Waals surface area (Å²) in [7, 11) is 0. The maximum absolute atomic E-state index is 11.4. The molecule has 0 aliphatic carbocycles. The van der Waals surface area contributed by atoms with E-state index in [2.05, 4.69) is 0 Å². The number of nitrogens with one attached hydrogen (secondary N) is 1. The van der Waals surface area contributed by atoms with E-state index in [1.54, 1.807) is 6.08 Å². The molecular weight excluding hydrogens is 294 g/mol. The first-order chi connectivity index (χ1) is 11.2. The fraction of sp³-hybridized carbons (Fsp3) is 0.111. The number of ether oxygens (including phenoxy) is 2. The van der Waals surface area contributed by atoms with Gasteiger partial charge in [-0.05, 0) is 17.2 Å². The van der Waals surface area contributed by atoms with Gasteiger partial charge in [-0.25, -0.2) is 14.9 Å². The van der Waals surface area contributed by atoms with Crippen LogP contribution in [0, 0.1) is 0 Å². The van der Waals surface area contributed by atoms with Crippen LogP contribution in [0.1, 0.15) is 11.1 Å². The normalized spacial score (nSPS) is 10.3. The Morgan fingerprint density at radius 2 is 1.48 bits per heavy atom. The van der Waals surface area contributed by atoms with E-state index in [0.717, 1.165) is 11.1 Å². The molecule has 0 atom stereocenters. The summed E-state index contributed by atoms with van der Waals surface area (Å²) in [6.07, 6.45) is 1.82. The predicted octanol–water partition coefficient (Wildman–Crippen LogP) is 3.76. The molecule has 0 aliphatic rings. The molecule has 2 amide bonds. The molecule has 0 aliphatic heterocycles. The molecule has 118 valence electrons. The molecule has 0 radical (unpaired) electrons. The van der Waals surface area contributed by atoms with Crippen molar-refractivity contribution in [2.24, 2.45) is 0 Å². The van der Waals surface area contributed by atoms with Gasteiger partial charge < -0.3 is 9.47 Å². The molecule has 0 unspecified atom stereocenters. The van der Waals surface area contributed by atoms with Gasteiger partial charge >= 0.3 is 12.2 Å². The standard InChI is InChI=1S/C18H17NO4/c20-17(22-13-7-12-15-8-3-1-4-9-15)19-18(21)23-14-16-10-5-2-6-11-16/h1-12H,13-14H2,(H,19,20,21)/b12-7+. The Morgan fingerprint density at radius 3 is 2.17 bits per heavy atom. The van der Waals surface area contributed by atoms with Gasteiger partial charge in [0.05, 0.1) is 0 Å². The van der Waals surface area contributed by atoms with Crippen molar-refractivity contribution in [3.63, 3.8) is 0 Å². The lowest BCUT2D eigenvalue weighted by Gasteiger charge is -2.06. The SMILES string of the molecule is O=C(NC(=O)OCc1ccccc1)OC/C=C/c1ccccc1. The van der Waals surface area contributed by atoms with Gasteiger partial charge in [0, 0.05) is 0 Å². The highest BCUT2D eigenvalue weighted by Gasteiger charge is 2.09. The molecule has 2 aromatic rings. The average Bonchev–Trinajstić information content (AvgIpc) is 2.59. The number of amides is 2. The summed E-state index contributed by atoms with van der Waals surface area (Å²) in [5.41, 5.74) is 1.83. The molecule has 2 rings (SSSR count). The average molecular weight is 311 g/mol. The number of carbonyl (C=O) groups excluding carboxylic acids is 2. The molecule has 0 saturated heterocycles. The lowest BCUT2D eigenvalue weighted by Crippen LogP contribution is -2.31. The van der Waals surface area contributed by atoms with E-state index < -0.39 is 12.2 Å². The quantitative estimate of drug-likeness (QED) is 0.913. The van der Waals surface area contributed by atoms with Crippen molar-refractivity contribution in [2.45, 2.75) is 6.61 Å². The summed E-state index contributed by atoms with van der Waals surface area (Å²) in [6.45, 7) is 0.153. The number of hydrogen-bond acceptors (Lipinski definition) is 4. The largest absolute Gasteiger partial charge is 0.445 e. The van der Waals surface area contributed by atoms with E-state index in [0.29, 0.717) is 0 Å². The van der Waals surface area contributed by atoms with Crippen molar-refractivity contribution in [1.82, 2.24) is 5.32 Å². The Morgan fingerprint density at radius 1 is 0.870 bits per heavy atom. The topological polar surface area (TPSA) is 64.6 Å². The number of alkyl carbamates (subject to hydrolysis) is 2. The van der Waals surface area contributed by atoms with Crippen LogP contribution in [-0.2, 0) is 16.1 Å². The number of rotatable bonds is 5. The van der Waals surface area contributed by atoms with Crippen LogP contribution in [0.3, 0.4) is 0 Å².